The van der Waals surface area contributed by atoms with Gasteiger partial charge in [0.2, 0.25) is 0 Å². The zero-order valence-electron chi connectivity index (χ0n) is 17.6. The largest absolute Gasteiger partial charge is 0.484 e. The lowest BCUT2D eigenvalue weighted by Crippen LogP contribution is -2.54. The van der Waals surface area contributed by atoms with Gasteiger partial charge in [-0.15, -0.1) is 0 Å². The molecule has 3 rings (SSSR count). The minimum absolute atomic E-state index is 0.0446. The maximum absolute atomic E-state index is 12.4. The van der Waals surface area contributed by atoms with E-state index in [-0.39, 0.29) is 37.1 Å². The molecule has 2 atom stereocenters. The molecule has 6 heteroatoms. The van der Waals surface area contributed by atoms with Crippen molar-refractivity contribution in [3.05, 3.63) is 59.7 Å². The van der Waals surface area contributed by atoms with Crippen molar-refractivity contribution in [3.63, 3.8) is 0 Å². The molecular formula is C24H30N2O4. The third-order valence-electron chi connectivity index (χ3n) is 5.18. The lowest BCUT2D eigenvalue weighted by atomic mass is 9.90. The Morgan fingerprint density at radius 1 is 0.800 bits per heavy atom. The van der Waals surface area contributed by atoms with Gasteiger partial charge in [-0.05, 0) is 62.1 Å². The summed E-state index contributed by atoms with van der Waals surface area (Å²) in [5.74, 6) is 0.983. The number of benzene rings is 2. The Balaban J connectivity index is 1.46. The van der Waals surface area contributed by atoms with Crippen LogP contribution < -0.4 is 20.1 Å². The zero-order valence-corrected chi connectivity index (χ0v) is 17.6. The predicted molar refractivity (Wildman–Crippen MR) is 116 cm³/mol. The highest BCUT2D eigenvalue weighted by molar-refractivity contribution is 5.79. The molecule has 0 radical (unpaired) electrons. The lowest BCUT2D eigenvalue weighted by molar-refractivity contribution is -0.127. The van der Waals surface area contributed by atoms with Gasteiger partial charge in [-0.25, -0.2) is 0 Å². The minimum atomic E-state index is -0.182. The van der Waals surface area contributed by atoms with Gasteiger partial charge >= 0.3 is 0 Å². The first-order valence-corrected chi connectivity index (χ1v) is 10.5. The van der Waals surface area contributed by atoms with E-state index in [1.54, 1.807) is 0 Å². The van der Waals surface area contributed by atoms with E-state index in [1.165, 1.54) is 0 Å². The average Bonchev–Trinajstić information content (AvgIpc) is 2.72. The third kappa shape index (κ3) is 6.79. The summed E-state index contributed by atoms with van der Waals surface area (Å²) >= 11 is 0. The molecule has 6 nitrogen and oxygen atoms in total. The average molecular weight is 411 g/mol. The number of ether oxygens (including phenoxy) is 2. The Morgan fingerprint density at radius 3 is 1.63 bits per heavy atom. The van der Waals surface area contributed by atoms with Crippen LogP contribution in [0.2, 0.25) is 0 Å². The van der Waals surface area contributed by atoms with Crippen LogP contribution >= 0.6 is 0 Å². The van der Waals surface area contributed by atoms with Crippen LogP contribution in [-0.4, -0.2) is 37.1 Å². The Kier molecular flexibility index (Phi) is 7.71. The van der Waals surface area contributed by atoms with Crippen LogP contribution in [0.25, 0.3) is 0 Å². The second-order valence-corrected chi connectivity index (χ2v) is 7.84. The maximum atomic E-state index is 12.4. The van der Waals surface area contributed by atoms with Gasteiger partial charge in [0.15, 0.2) is 13.2 Å². The lowest BCUT2D eigenvalue weighted by Gasteiger charge is -2.32. The van der Waals surface area contributed by atoms with Crippen molar-refractivity contribution in [2.24, 2.45) is 0 Å². The highest BCUT2D eigenvalue weighted by Crippen LogP contribution is 2.19. The molecule has 0 aliphatic heterocycles. The summed E-state index contributed by atoms with van der Waals surface area (Å²) in [6.45, 7) is 3.87. The van der Waals surface area contributed by atoms with Crippen molar-refractivity contribution in [2.45, 2.75) is 51.6 Å². The molecule has 2 aromatic carbocycles. The van der Waals surface area contributed by atoms with Crippen molar-refractivity contribution in [1.29, 1.82) is 0 Å². The standard InChI is InChI=1S/C24H30N2O4/c1-17-7-5-9-19(13-17)29-15-23(27)25-21-11-3-4-12-22(21)26-24(28)16-30-20-10-6-8-18(2)14-20/h5-10,13-14,21-22H,3-4,11-12,15-16H2,1-2H3,(H,25,27)(H,26,28)/t21-,22-/m1/s1. The molecule has 1 aliphatic carbocycles. The molecular weight excluding hydrogens is 380 g/mol. The molecule has 0 spiro atoms. The maximum Gasteiger partial charge on any atom is 0.258 e. The van der Waals surface area contributed by atoms with Crippen LogP contribution in [0, 0.1) is 13.8 Å². The fourth-order valence-electron chi connectivity index (χ4n) is 3.68. The van der Waals surface area contributed by atoms with E-state index in [4.69, 9.17) is 9.47 Å². The van der Waals surface area contributed by atoms with E-state index in [2.05, 4.69) is 10.6 Å². The fraction of sp³-hybridized carbons (Fsp3) is 0.417. The van der Waals surface area contributed by atoms with Crippen molar-refractivity contribution in [2.75, 3.05) is 13.2 Å². The molecule has 0 saturated heterocycles. The molecule has 30 heavy (non-hydrogen) atoms. The quantitative estimate of drug-likeness (QED) is 0.700. The Morgan fingerprint density at radius 2 is 1.23 bits per heavy atom. The SMILES string of the molecule is Cc1cccc(OCC(=O)N[C@@H]2CCCC[C@H]2NC(=O)COc2cccc(C)c2)c1. The molecule has 160 valence electrons. The van der Waals surface area contributed by atoms with Crippen LogP contribution in [-0.2, 0) is 9.59 Å². The van der Waals surface area contributed by atoms with E-state index in [9.17, 15) is 9.59 Å². The van der Waals surface area contributed by atoms with Crippen LogP contribution in [0.3, 0.4) is 0 Å². The van der Waals surface area contributed by atoms with E-state index < -0.39 is 0 Å². The highest BCUT2D eigenvalue weighted by Gasteiger charge is 2.28. The molecule has 2 amide bonds. The summed E-state index contributed by atoms with van der Waals surface area (Å²) in [6, 6.07) is 15.0. The van der Waals surface area contributed by atoms with Gasteiger partial charge in [-0.2, -0.15) is 0 Å². The van der Waals surface area contributed by atoms with Crippen LogP contribution in [0.4, 0.5) is 0 Å². The van der Waals surface area contributed by atoms with Gasteiger partial charge in [-0.1, -0.05) is 37.1 Å². The molecule has 0 bridgehead atoms. The minimum Gasteiger partial charge on any atom is -0.484 e. The first-order valence-electron chi connectivity index (χ1n) is 10.5. The highest BCUT2D eigenvalue weighted by atomic mass is 16.5. The third-order valence-corrected chi connectivity index (χ3v) is 5.18. The Labute approximate surface area is 178 Å². The zero-order chi connectivity index (χ0) is 21.3. The summed E-state index contributed by atoms with van der Waals surface area (Å²) in [4.78, 5) is 24.7. The van der Waals surface area contributed by atoms with E-state index in [0.717, 1.165) is 36.8 Å². The monoisotopic (exact) mass is 410 g/mol. The molecule has 1 aliphatic rings. The Bertz CT molecular complexity index is 796. The number of aryl methyl sites for hydroxylation is 2. The van der Waals surface area contributed by atoms with E-state index in [1.807, 2.05) is 62.4 Å². The number of carbonyl (C=O) groups is 2. The molecule has 1 fully saturated rings. The van der Waals surface area contributed by atoms with Crippen molar-refractivity contribution in [1.82, 2.24) is 10.6 Å². The number of carbonyl (C=O) groups excluding carboxylic acids is 2. The fourth-order valence-corrected chi connectivity index (χ4v) is 3.68. The topological polar surface area (TPSA) is 76.7 Å². The molecule has 0 heterocycles. The van der Waals surface area contributed by atoms with Gasteiger partial charge < -0.3 is 20.1 Å². The van der Waals surface area contributed by atoms with E-state index in [0.29, 0.717) is 11.5 Å². The number of hydrogen-bond acceptors (Lipinski definition) is 4. The van der Waals surface area contributed by atoms with Gasteiger partial charge in [0, 0.05) is 12.1 Å². The second kappa shape index (κ2) is 10.7. The summed E-state index contributed by atoms with van der Waals surface area (Å²) in [5, 5.41) is 6.04. The Hall–Kier alpha value is -3.02. The van der Waals surface area contributed by atoms with Crippen LogP contribution in [0.1, 0.15) is 36.8 Å². The predicted octanol–water partition coefficient (Wildman–Crippen LogP) is 3.30. The number of rotatable bonds is 8. The van der Waals surface area contributed by atoms with Gasteiger partial charge in [0.1, 0.15) is 11.5 Å². The van der Waals surface area contributed by atoms with Crippen molar-refractivity contribution >= 4 is 11.8 Å². The molecule has 2 N–H and O–H groups in total. The van der Waals surface area contributed by atoms with Gasteiger partial charge in [-0.3, -0.25) is 9.59 Å². The van der Waals surface area contributed by atoms with Crippen molar-refractivity contribution < 1.29 is 19.1 Å². The summed E-state index contributed by atoms with van der Waals surface area (Å²) in [5.41, 5.74) is 2.16. The summed E-state index contributed by atoms with van der Waals surface area (Å²) in [6.07, 6.45) is 3.71. The molecule has 0 unspecified atom stereocenters. The van der Waals surface area contributed by atoms with Crippen LogP contribution in [0.15, 0.2) is 48.5 Å². The molecule has 1 saturated carbocycles. The summed E-state index contributed by atoms with van der Waals surface area (Å²) < 4.78 is 11.2. The van der Waals surface area contributed by atoms with E-state index >= 15 is 0 Å². The number of hydrogen-bond donors (Lipinski definition) is 2. The smallest absolute Gasteiger partial charge is 0.258 e. The molecule has 0 aromatic heterocycles. The van der Waals surface area contributed by atoms with Crippen molar-refractivity contribution in [3.8, 4) is 11.5 Å². The second-order valence-electron chi connectivity index (χ2n) is 7.84. The number of nitrogens with one attached hydrogen (secondary N) is 2. The normalized spacial score (nSPS) is 18.3. The first kappa shape index (κ1) is 21.7. The molecule has 2 aromatic rings. The van der Waals surface area contributed by atoms with Gasteiger partial charge in [0.25, 0.3) is 11.8 Å². The van der Waals surface area contributed by atoms with Gasteiger partial charge in [0.05, 0.1) is 0 Å². The first-order chi connectivity index (χ1) is 14.5. The number of amides is 2. The summed E-state index contributed by atoms with van der Waals surface area (Å²) in [7, 11) is 0. The van der Waals surface area contributed by atoms with Crippen LogP contribution in [0.5, 0.6) is 11.5 Å².